The number of nitrogens with zero attached hydrogens (tertiary/aromatic N) is 5. The number of pyridine rings is 1. The predicted molar refractivity (Wildman–Crippen MR) is 109 cm³/mol. The minimum absolute atomic E-state index is 0.111. The summed E-state index contributed by atoms with van der Waals surface area (Å²) in [6.07, 6.45) is 3.22. The lowest BCUT2D eigenvalue weighted by Crippen LogP contribution is -2.14. The van der Waals surface area contributed by atoms with Gasteiger partial charge in [0.1, 0.15) is 0 Å². The lowest BCUT2D eigenvalue weighted by molar-refractivity contribution is 0.582. The summed E-state index contributed by atoms with van der Waals surface area (Å²) in [4.78, 5) is 20.3. The highest BCUT2D eigenvalue weighted by Crippen LogP contribution is 2.27. The van der Waals surface area contributed by atoms with Gasteiger partial charge in [-0.05, 0) is 30.8 Å². The van der Waals surface area contributed by atoms with E-state index in [0.29, 0.717) is 17.3 Å². The third kappa shape index (κ3) is 3.76. The molecular weight excluding hydrogens is 370 g/mol. The van der Waals surface area contributed by atoms with Gasteiger partial charge in [-0.1, -0.05) is 12.1 Å². The number of nitrogens with one attached hydrogen (secondary N) is 1. The Morgan fingerprint density at radius 2 is 1.79 bits per heavy atom. The molecule has 4 aromatic rings. The van der Waals surface area contributed by atoms with Crippen LogP contribution in [0.2, 0.25) is 0 Å². The molecule has 3 aromatic heterocycles. The Kier molecular flexibility index (Phi) is 4.88. The molecule has 0 bridgehead atoms. The molecule has 0 fully saturated rings. The smallest absolute Gasteiger partial charge is 0.270 e. The SMILES string of the molecule is CNCc1ccc(-c2nnc(-c3nc(-c4ccc(=O)n(C)c4)cnc3N)o2)cc1. The molecule has 0 radical (unpaired) electrons. The molecule has 0 aliphatic rings. The summed E-state index contributed by atoms with van der Waals surface area (Å²) in [6, 6.07) is 11.0. The maximum Gasteiger partial charge on any atom is 0.270 e. The fourth-order valence-corrected chi connectivity index (χ4v) is 2.85. The van der Waals surface area contributed by atoms with E-state index >= 15 is 0 Å². The second kappa shape index (κ2) is 7.64. The van der Waals surface area contributed by atoms with Gasteiger partial charge in [-0.25, -0.2) is 9.97 Å². The van der Waals surface area contributed by atoms with Crippen molar-refractivity contribution in [2.45, 2.75) is 6.54 Å². The van der Waals surface area contributed by atoms with E-state index < -0.39 is 0 Å². The summed E-state index contributed by atoms with van der Waals surface area (Å²) in [5, 5.41) is 11.3. The summed E-state index contributed by atoms with van der Waals surface area (Å²) < 4.78 is 7.26. The van der Waals surface area contributed by atoms with E-state index in [1.165, 1.54) is 16.8 Å². The molecule has 9 heteroatoms. The molecular formula is C20H19N7O2. The van der Waals surface area contributed by atoms with E-state index in [4.69, 9.17) is 10.2 Å². The summed E-state index contributed by atoms with van der Waals surface area (Å²) in [7, 11) is 3.57. The van der Waals surface area contributed by atoms with Crippen LogP contribution in [0.15, 0.2) is 58.0 Å². The van der Waals surface area contributed by atoms with Crippen molar-refractivity contribution in [3.63, 3.8) is 0 Å². The zero-order valence-electron chi connectivity index (χ0n) is 16.0. The lowest BCUT2D eigenvalue weighted by Gasteiger charge is -2.05. The third-order valence-corrected chi connectivity index (χ3v) is 4.39. The van der Waals surface area contributed by atoms with Crippen LogP contribution in [-0.4, -0.2) is 31.8 Å². The first-order valence-electron chi connectivity index (χ1n) is 8.92. The molecule has 3 heterocycles. The monoisotopic (exact) mass is 389 g/mol. The van der Waals surface area contributed by atoms with E-state index in [0.717, 1.165) is 23.2 Å². The van der Waals surface area contributed by atoms with Gasteiger partial charge in [-0.15, -0.1) is 10.2 Å². The van der Waals surface area contributed by atoms with E-state index in [9.17, 15) is 4.79 Å². The van der Waals surface area contributed by atoms with Crippen molar-refractivity contribution >= 4 is 5.82 Å². The number of hydrogen-bond acceptors (Lipinski definition) is 8. The maximum atomic E-state index is 11.6. The second-order valence-electron chi connectivity index (χ2n) is 6.50. The third-order valence-electron chi connectivity index (χ3n) is 4.39. The zero-order chi connectivity index (χ0) is 20.4. The largest absolute Gasteiger partial charge is 0.414 e. The van der Waals surface area contributed by atoms with Gasteiger partial charge in [0.25, 0.3) is 5.89 Å². The van der Waals surface area contributed by atoms with Crippen molar-refractivity contribution in [1.82, 2.24) is 30.0 Å². The highest BCUT2D eigenvalue weighted by molar-refractivity contribution is 5.68. The Balaban J connectivity index is 1.68. The number of rotatable bonds is 5. The summed E-state index contributed by atoms with van der Waals surface area (Å²) in [5.41, 5.74) is 9.38. The molecule has 0 unspecified atom stereocenters. The zero-order valence-corrected chi connectivity index (χ0v) is 16.0. The molecule has 0 atom stereocenters. The Bertz CT molecular complexity index is 1210. The Hall–Kier alpha value is -3.85. The Labute approximate surface area is 166 Å². The van der Waals surface area contributed by atoms with Crippen LogP contribution in [0.3, 0.4) is 0 Å². The van der Waals surface area contributed by atoms with Crippen molar-refractivity contribution in [3.05, 3.63) is 64.7 Å². The van der Waals surface area contributed by atoms with Crippen LogP contribution in [0, 0.1) is 0 Å². The van der Waals surface area contributed by atoms with Crippen molar-refractivity contribution in [3.8, 4) is 34.3 Å². The number of aryl methyl sites for hydroxylation is 1. The van der Waals surface area contributed by atoms with Crippen molar-refractivity contribution in [2.75, 3.05) is 12.8 Å². The average molecular weight is 389 g/mol. The van der Waals surface area contributed by atoms with Crippen LogP contribution in [0.4, 0.5) is 5.82 Å². The summed E-state index contributed by atoms with van der Waals surface area (Å²) >= 11 is 0. The van der Waals surface area contributed by atoms with Gasteiger partial charge < -0.3 is 20.0 Å². The first-order chi connectivity index (χ1) is 14.0. The number of hydrogen-bond donors (Lipinski definition) is 2. The molecule has 3 N–H and O–H groups in total. The number of anilines is 1. The van der Waals surface area contributed by atoms with Crippen LogP contribution < -0.4 is 16.6 Å². The number of nitrogens with two attached hydrogens (primary N) is 1. The second-order valence-corrected chi connectivity index (χ2v) is 6.50. The van der Waals surface area contributed by atoms with Crippen molar-refractivity contribution in [2.24, 2.45) is 7.05 Å². The first kappa shape index (κ1) is 18.5. The normalized spacial score (nSPS) is 11.0. The molecule has 146 valence electrons. The van der Waals surface area contributed by atoms with Crippen LogP contribution in [-0.2, 0) is 13.6 Å². The lowest BCUT2D eigenvalue weighted by atomic mass is 10.1. The van der Waals surface area contributed by atoms with Gasteiger partial charge in [0.2, 0.25) is 11.4 Å². The van der Waals surface area contributed by atoms with E-state index in [1.807, 2.05) is 31.3 Å². The highest BCUT2D eigenvalue weighted by atomic mass is 16.4. The highest BCUT2D eigenvalue weighted by Gasteiger charge is 2.17. The number of aromatic nitrogens is 5. The van der Waals surface area contributed by atoms with Gasteiger partial charge in [0.15, 0.2) is 11.5 Å². The molecule has 29 heavy (non-hydrogen) atoms. The molecule has 4 rings (SSSR count). The quantitative estimate of drug-likeness (QED) is 0.530. The van der Waals surface area contributed by atoms with Gasteiger partial charge >= 0.3 is 0 Å². The standard InChI is InChI=1S/C20H19N7O2/c1-22-9-12-3-5-13(6-4-12)19-25-26-20(29-19)17-18(21)23-10-15(24-17)14-7-8-16(28)27(2)11-14/h3-8,10-11,22H,9H2,1-2H3,(H2,21,23). The van der Waals surface area contributed by atoms with E-state index in [2.05, 4.69) is 25.5 Å². The molecule has 0 spiro atoms. The Morgan fingerprint density at radius 3 is 2.52 bits per heavy atom. The average Bonchev–Trinajstić information content (AvgIpc) is 3.21. The maximum absolute atomic E-state index is 11.6. The predicted octanol–water partition coefficient (Wildman–Crippen LogP) is 1.86. The molecule has 1 aromatic carbocycles. The minimum atomic E-state index is -0.111. The molecule has 0 aliphatic carbocycles. The molecule has 0 saturated heterocycles. The van der Waals surface area contributed by atoms with Crippen LogP contribution in [0.25, 0.3) is 34.3 Å². The topological polar surface area (TPSA) is 125 Å². The summed E-state index contributed by atoms with van der Waals surface area (Å²) in [6.45, 7) is 0.777. The number of benzene rings is 1. The van der Waals surface area contributed by atoms with Crippen LogP contribution in [0.1, 0.15) is 5.56 Å². The molecule has 9 nitrogen and oxygen atoms in total. The van der Waals surface area contributed by atoms with Gasteiger partial charge in [-0.3, -0.25) is 4.79 Å². The minimum Gasteiger partial charge on any atom is -0.414 e. The van der Waals surface area contributed by atoms with Crippen LogP contribution >= 0.6 is 0 Å². The fourth-order valence-electron chi connectivity index (χ4n) is 2.85. The molecule has 0 saturated carbocycles. The molecule has 0 aliphatic heterocycles. The van der Waals surface area contributed by atoms with E-state index in [1.54, 1.807) is 19.3 Å². The number of nitrogen functional groups attached to an aromatic ring is 1. The summed E-state index contributed by atoms with van der Waals surface area (Å²) in [5.74, 6) is 0.721. The van der Waals surface area contributed by atoms with E-state index in [-0.39, 0.29) is 17.3 Å². The Morgan fingerprint density at radius 1 is 1.07 bits per heavy atom. The van der Waals surface area contributed by atoms with Gasteiger partial charge in [0.05, 0.1) is 11.9 Å². The fraction of sp³-hybridized carbons (Fsp3) is 0.150. The van der Waals surface area contributed by atoms with Crippen molar-refractivity contribution < 1.29 is 4.42 Å². The van der Waals surface area contributed by atoms with Crippen molar-refractivity contribution in [1.29, 1.82) is 0 Å². The van der Waals surface area contributed by atoms with Gasteiger partial charge in [0, 0.05) is 37.0 Å². The van der Waals surface area contributed by atoms with Gasteiger partial charge in [-0.2, -0.15) is 0 Å². The molecule has 0 amide bonds. The first-order valence-corrected chi connectivity index (χ1v) is 8.92. The van der Waals surface area contributed by atoms with Crippen LogP contribution in [0.5, 0.6) is 0 Å².